The van der Waals surface area contributed by atoms with E-state index in [4.69, 9.17) is 11.6 Å². The molecule has 1 aromatic carbocycles. The van der Waals surface area contributed by atoms with Crippen LogP contribution in [-0.2, 0) is 13.0 Å². The van der Waals surface area contributed by atoms with Gasteiger partial charge in [0.05, 0.1) is 12.2 Å². The Bertz CT molecular complexity index is 823. The number of nitrogens with zero attached hydrogens (tertiary/aromatic N) is 3. The minimum Gasteiger partial charge on any atom is -0.357 e. The molecule has 0 saturated heterocycles. The van der Waals surface area contributed by atoms with Crippen molar-refractivity contribution in [3.05, 3.63) is 71.1 Å². The van der Waals surface area contributed by atoms with Crippen molar-refractivity contribution in [2.24, 2.45) is 4.99 Å². The minimum atomic E-state index is 0.545. The molecule has 0 fully saturated rings. The molecule has 0 bridgehead atoms. The summed E-state index contributed by atoms with van der Waals surface area (Å²) in [6.45, 7) is 4.17. The number of hydrogen-bond acceptors (Lipinski definition) is 2. The van der Waals surface area contributed by atoms with Gasteiger partial charge >= 0.3 is 0 Å². The topological polar surface area (TPSA) is 53.7 Å². The highest BCUT2D eigenvalue weighted by molar-refractivity contribution is 6.31. The number of imidazole rings is 1. The summed E-state index contributed by atoms with van der Waals surface area (Å²) in [5, 5.41) is 7.35. The van der Waals surface area contributed by atoms with Crippen LogP contribution in [0.4, 0.5) is 0 Å². The molecule has 3 rings (SSSR count). The first-order chi connectivity index (χ1) is 12.3. The van der Waals surface area contributed by atoms with Crippen LogP contribution in [0.3, 0.4) is 0 Å². The van der Waals surface area contributed by atoms with E-state index in [0.29, 0.717) is 6.54 Å². The lowest BCUT2D eigenvalue weighted by Crippen LogP contribution is -2.38. The first-order valence-corrected chi connectivity index (χ1v) is 8.82. The number of fused-ring (bicyclic) bond motifs is 1. The molecule has 0 aliphatic heterocycles. The van der Waals surface area contributed by atoms with Crippen LogP contribution in [0.15, 0.2) is 59.9 Å². The first kappa shape index (κ1) is 17.3. The quantitative estimate of drug-likeness (QED) is 0.527. The SMILES string of the molecule is CCNC(=NCc1ccccc1Cl)NCCc1cn2ccccc2n1. The highest BCUT2D eigenvalue weighted by atomic mass is 35.5. The molecule has 0 amide bonds. The highest BCUT2D eigenvalue weighted by Gasteiger charge is 2.03. The van der Waals surface area contributed by atoms with Crippen LogP contribution in [0.25, 0.3) is 5.65 Å². The third-order valence-electron chi connectivity index (χ3n) is 3.80. The number of benzene rings is 1. The molecule has 0 aliphatic rings. The normalized spacial score (nSPS) is 11.7. The molecule has 0 atom stereocenters. The van der Waals surface area contributed by atoms with Gasteiger partial charge in [0, 0.05) is 36.9 Å². The van der Waals surface area contributed by atoms with Crippen LogP contribution >= 0.6 is 11.6 Å². The fraction of sp³-hybridized carbons (Fsp3) is 0.263. The Labute approximate surface area is 152 Å². The van der Waals surface area contributed by atoms with Crippen LogP contribution in [0, 0.1) is 0 Å². The van der Waals surface area contributed by atoms with Crippen molar-refractivity contribution in [2.75, 3.05) is 13.1 Å². The fourth-order valence-electron chi connectivity index (χ4n) is 2.55. The predicted molar refractivity (Wildman–Crippen MR) is 103 cm³/mol. The van der Waals surface area contributed by atoms with E-state index in [9.17, 15) is 0 Å². The van der Waals surface area contributed by atoms with Crippen LogP contribution in [0.1, 0.15) is 18.2 Å². The number of rotatable bonds is 6. The zero-order chi connectivity index (χ0) is 17.5. The maximum atomic E-state index is 6.19. The van der Waals surface area contributed by atoms with Crippen LogP contribution in [-0.4, -0.2) is 28.4 Å². The smallest absolute Gasteiger partial charge is 0.191 e. The summed E-state index contributed by atoms with van der Waals surface area (Å²) in [5.41, 5.74) is 3.04. The van der Waals surface area contributed by atoms with Gasteiger partial charge in [-0.3, -0.25) is 0 Å². The number of nitrogens with one attached hydrogen (secondary N) is 2. The molecule has 25 heavy (non-hydrogen) atoms. The lowest BCUT2D eigenvalue weighted by molar-refractivity contribution is 0.791. The number of hydrogen-bond donors (Lipinski definition) is 2. The molecule has 3 aromatic rings. The van der Waals surface area contributed by atoms with E-state index < -0.39 is 0 Å². The van der Waals surface area contributed by atoms with Gasteiger partial charge in [0.15, 0.2) is 5.96 Å². The zero-order valence-corrected chi connectivity index (χ0v) is 15.0. The van der Waals surface area contributed by atoms with Gasteiger partial charge in [-0.1, -0.05) is 35.9 Å². The van der Waals surface area contributed by atoms with Gasteiger partial charge < -0.3 is 15.0 Å². The molecule has 130 valence electrons. The second-order valence-corrected chi connectivity index (χ2v) is 6.07. The average molecular weight is 356 g/mol. The second kappa shape index (κ2) is 8.53. The molecule has 0 aliphatic carbocycles. The van der Waals surface area contributed by atoms with E-state index in [-0.39, 0.29) is 0 Å². The van der Waals surface area contributed by atoms with E-state index in [1.807, 2.05) is 53.1 Å². The Hall–Kier alpha value is -2.53. The average Bonchev–Trinajstić information content (AvgIpc) is 3.03. The van der Waals surface area contributed by atoms with Gasteiger partial charge in [0.2, 0.25) is 0 Å². The first-order valence-electron chi connectivity index (χ1n) is 8.44. The van der Waals surface area contributed by atoms with Crippen LogP contribution < -0.4 is 10.6 Å². The predicted octanol–water partition coefficient (Wildman–Crippen LogP) is 3.29. The maximum absolute atomic E-state index is 6.19. The van der Waals surface area contributed by atoms with Crippen LogP contribution in [0.5, 0.6) is 0 Å². The van der Waals surface area contributed by atoms with E-state index in [1.54, 1.807) is 0 Å². The van der Waals surface area contributed by atoms with Crippen molar-refractivity contribution in [2.45, 2.75) is 19.9 Å². The molecule has 0 spiro atoms. The molecule has 0 radical (unpaired) electrons. The molecule has 2 heterocycles. The van der Waals surface area contributed by atoms with Gasteiger partial charge in [0.1, 0.15) is 5.65 Å². The summed E-state index contributed by atoms with van der Waals surface area (Å²) in [5.74, 6) is 0.784. The number of guanidine groups is 1. The Morgan fingerprint density at radius 1 is 1.16 bits per heavy atom. The lowest BCUT2D eigenvalue weighted by atomic mass is 10.2. The van der Waals surface area contributed by atoms with Gasteiger partial charge in [-0.05, 0) is 30.7 Å². The van der Waals surface area contributed by atoms with E-state index in [0.717, 1.165) is 47.4 Å². The highest BCUT2D eigenvalue weighted by Crippen LogP contribution is 2.15. The molecule has 5 nitrogen and oxygen atoms in total. The van der Waals surface area contributed by atoms with Crippen molar-refractivity contribution < 1.29 is 0 Å². The van der Waals surface area contributed by atoms with Gasteiger partial charge in [0.25, 0.3) is 0 Å². The van der Waals surface area contributed by atoms with Crippen molar-refractivity contribution in [3.8, 4) is 0 Å². The molecule has 2 N–H and O–H groups in total. The standard InChI is InChI=1S/C19H22ClN5/c1-2-21-19(23-13-15-7-3-4-8-17(15)20)22-11-10-16-14-25-12-6-5-9-18(25)24-16/h3-9,12,14H,2,10-11,13H2,1H3,(H2,21,22,23). The van der Waals surface area contributed by atoms with Crippen molar-refractivity contribution in [1.29, 1.82) is 0 Å². The Kier molecular flexibility index (Phi) is 5.90. The number of aliphatic imine (C=N–C) groups is 1. The van der Waals surface area contributed by atoms with E-state index in [2.05, 4.69) is 33.7 Å². The van der Waals surface area contributed by atoms with Crippen LogP contribution in [0.2, 0.25) is 5.02 Å². The van der Waals surface area contributed by atoms with Gasteiger partial charge in [-0.15, -0.1) is 0 Å². The van der Waals surface area contributed by atoms with Gasteiger partial charge in [-0.25, -0.2) is 9.98 Å². The number of aromatic nitrogens is 2. The Morgan fingerprint density at radius 3 is 2.80 bits per heavy atom. The molecule has 2 aromatic heterocycles. The van der Waals surface area contributed by atoms with Gasteiger partial charge in [-0.2, -0.15) is 0 Å². The zero-order valence-electron chi connectivity index (χ0n) is 14.2. The third kappa shape index (κ3) is 4.73. The summed E-state index contributed by atoms with van der Waals surface area (Å²) >= 11 is 6.19. The molecular weight excluding hydrogens is 334 g/mol. The summed E-state index contributed by atoms with van der Waals surface area (Å²) in [6.07, 6.45) is 4.90. The Morgan fingerprint density at radius 2 is 2.00 bits per heavy atom. The second-order valence-electron chi connectivity index (χ2n) is 5.66. The third-order valence-corrected chi connectivity index (χ3v) is 4.17. The monoisotopic (exact) mass is 355 g/mol. The van der Waals surface area contributed by atoms with Crippen molar-refractivity contribution >= 4 is 23.2 Å². The lowest BCUT2D eigenvalue weighted by Gasteiger charge is -2.11. The molecular formula is C19H22ClN5. The van der Waals surface area contributed by atoms with E-state index in [1.165, 1.54) is 0 Å². The van der Waals surface area contributed by atoms with Crippen molar-refractivity contribution in [1.82, 2.24) is 20.0 Å². The molecule has 0 unspecified atom stereocenters. The summed E-state index contributed by atoms with van der Waals surface area (Å²) in [4.78, 5) is 9.21. The summed E-state index contributed by atoms with van der Waals surface area (Å²) in [7, 11) is 0. The fourth-order valence-corrected chi connectivity index (χ4v) is 2.74. The number of pyridine rings is 1. The minimum absolute atomic E-state index is 0.545. The summed E-state index contributed by atoms with van der Waals surface area (Å²) in [6, 6.07) is 13.8. The number of halogens is 1. The maximum Gasteiger partial charge on any atom is 0.191 e. The molecule has 6 heteroatoms. The molecule has 0 saturated carbocycles. The summed E-state index contributed by atoms with van der Waals surface area (Å²) < 4.78 is 2.03. The Balaban J connectivity index is 1.58. The van der Waals surface area contributed by atoms with E-state index >= 15 is 0 Å². The van der Waals surface area contributed by atoms with Crippen molar-refractivity contribution in [3.63, 3.8) is 0 Å². The largest absolute Gasteiger partial charge is 0.357 e.